The first-order chi connectivity index (χ1) is 24.3. The SMILES string of the molecule is CCc1c(N2CCN(c3cnn(C4CCC4)c3O)[C@H](C)C2)c(=O)n2nc(C3=CCOCC3)nc2n1CC(=O)Nc1cc(F)c(C(F)(F)F)cc1Cl. The molecule has 0 unspecified atom stereocenters. The molecule has 272 valence electrons. The number of benzene rings is 1. The van der Waals surface area contributed by atoms with Gasteiger partial charge in [0.1, 0.15) is 23.7 Å². The van der Waals surface area contributed by atoms with Crippen LogP contribution in [-0.2, 0) is 28.7 Å². The predicted octanol–water partition coefficient (Wildman–Crippen LogP) is 5.05. The Morgan fingerprint density at radius 3 is 2.65 bits per heavy atom. The Morgan fingerprint density at radius 2 is 2.00 bits per heavy atom. The number of aromatic hydroxyl groups is 1. The number of nitrogens with one attached hydrogen (secondary N) is 1. The van der Waals surface area contributed by atoms with Crippen LogP contribution >= 0.6 is 11.6 Å². The molecule has 18 heteroatoms. The minimum atomic E-state index is -4.98. The van der Waals surface area contributed by atoms with Crippen molar-refractivity contribution in [2.75, 3.05) is 48.0 Å². The maximum Gasteiger partial charge on any atom is 0.419 e. The first kappa shape index (κ1) is 34.8. The summed E-state index contributed by atoms with van der Waals surface area (Å²) in [4.78, 5) is 36.5. The quantitative estimate of drug-likeness (QED) is 0.239. The van der Waals surface area contributed by atoms with Crippen LogP contribution in [-0.4, -0.2) is 78.8 Å². The number of piperazine rings is 1. The minimum Gasteiger partial charge on any atom is -0.492 e. The monoisotopic (exact) mass is 733 g/mol. The van der Waals surface area contributed by atoms with Crippen LogP contribution in [0.5, 0.6) is 5.88 Å². The number of rotatable bonds is 8. The normalized spacial score (nSPS) is 18.6. The minimum absolute atomic E-state index is 0.0860. The number of alkyl halides is 3. The lowest BCUT2D eigenvalue weighted by Crippen LogP contribution is -2.54. The second-order valence-corrected chi connectivity index (χ2v) is 13.4. The Bertz CT molecular complexity index is 2090. The molecule has 1 saturated heterocycles. The zero-order valence-electron chi connectivity index (χ0n) is 27.9. The Kier molecular flexibility index (Phi) is 9.20. The Balaban J connectivity index is 1.24. The van der Waals surface area contributed by atoms with Gasteiger partial charge < -0.3 is 29.5 Å². The third-order valence-corrected chi connectivity index (χ3v) is 10.1. The Labute approximate surface area is 294 Å². The van der Waals surface area contributed by atoms with Gasteiger partial charge in [0.2, 0.25) is 17.6 Å². The number of nitrogens with zero attached hydrogens (tertiary/aromatic N) is 8. The van der Waals surface area contributed by atoms with Crippen LogP contribution < -0.4 is 20.7 Å². The van der Waals surface area contributed by atoms with Gasteiger partial charge in [-0.3, -0.25) is 9.59 Å². The molecule has 1 amide bonds. The predicted molar refractivity (Wildman–Crippen MR) is 181 cm³/mol. The van der Waals surface area contributed by atoms with Crippen LogP contribution in [0.2, 0.25) is 5.02 Å². The topological polar surface area (TPSA) is 135 Å². The molecule has 51 heavy (non-hydrogen) atoms. The molecule has 3 aromatic heterocycles. The van der Waals surface area contributed by atoms with Crippen molar-refractivity contribution in [2.24, 2.45) is 0 Å². The summed E-state index contributed by atoms with van der Waals surface area (Å²) in [6, 6.07) is 0.974. The number of amides is 1. The standard InChI is InChI=1S/C33H36ClF4N9O4/c1-3-25-28(43-9-10-44(18(2)16-43)26-15-39-46(30(26)49)20-5-4-6-20)31(50)47-32(41-29(42-47)19-7-11-51-12-8-19)45(25)17-27(48)40-24-14-23(35)21(13-22(24)34)33(36,37)38/h7,13-15,18,20,49H,3-6,8-12,16-17H2,1-2H3,(H,40,48)/t18-/m1/s1. The molecule has 0 bridgehead atoms. The maximum absolute atomic E-state index is 14.4. The van der Waals surface area contributed by atoms with E-state index in [2.05, 4.69) is 25.4 Å². The number of carbonyl (C=O) groups is 1. The molecule has 7 rings (SSSR count). The van der Waals surface area contributed by atoms with E-state index in [-0.39, 0.29) is 29.4 Å². The first-order valence-corrected chi connectivity index (χ1v) is 17.2. The highest BCUT2D eigenvalue weighted by Gasteiger charge is 2.36. The molecule has 4 aromatic rings. The molecule has 1 atom stereocenters. The van der Waals surface area contributed by atoms with Crippen LogP contribution in [0.15, 0.2) is 29.2 Å². The van der Waals surface area contributed by atoms with E-state index >= 15 is 0 Å². The second-order valence-electron chi connectivity index (χ2n) is 13.0. The van der Waals surface area contributed by atoms with Gasteiger partial charge in [-0.2, -0.15) is 27.8 Å². The van der Waals surface area contributed by atoms with Gasteiger partial charge in [-0.25, -0.2) is 9.07 Å². The number of anilines is 3. The number of halogens is 5. The molecule has 5 heterocycles. The fraction of sp³-hybridized carbons (Fsp3) is 0.485. The van der Waals surface area contributed by atoms with Gasteiger partial charge in [0.15, 0.2) is 5.82 Å². The molecule has 0 radical (unpaired) electrons. The summed E-state index contributed by atoms with van der Waals surface area (Å²) in [7, 11) is 0. The summed E-state index contributed by atoms with van der Waals surface area (Å²) in [6.45, 7) is 5.41. The molecule has 13 nitrogen and oxygen atoms in total. The van der Waals surface area contributed by atoms with Crippen LogP contribution in [0.3, 0.4) is 0 Å². The van der Waals surface area contributed by atoms with Gasteiger partial charge in [-0.15, -0.1) is 5.10 Å². The van der Waals surface area contributed by atoms with Gasteiger partial charge in [0.05, 0.1) is 47.4 Å². The average Bonchev–Trinajstić information content (AvgIpc) is 3.67. The van der Waals surface area contributed by atoms with Crippen molar-refractivity contribution >= 4 is 45.9 Å². The van der Waals surface area contributed by atoms with E-state index in [0.29, 0.717) is 80.7 Å². The molecule has 0 spiro atoms. The summed E-state index contributed by atoms with van der Waals surface area (Å²) < 4.78 is 63.9. The maximum atomic E-state index is 14.4. The van der Waals surface area contributed by atoms with Crippen molar-refractivity contribution in [3.8, 4) is 5.88 Å². The van der Waals surface area contributed by atoms with Crippen LogP contribution in [0, 0.1) is 5.82 Å². The van der Waals surface area contributed by atoms with E-state index in [0.717, 1.165) is 29.4 Å². The van der Waals surface area contributed by atoms with Crippen molar-refractivity contribution < 1.29 is 32.2 Å². The van der Waals surface area contributed by atoms with Crippen molar-refractivity contribution in [1.29, 1.82) is 0 Å². The third-order valence-electron chi connectivity index (χ3n) is 9.77. The lowest BCUT2D eigenvalue weighted by molar-refractivity contribution is -0.140. The summed E-state index contributed by atoms with van der Waals surface area (Å²) in [6.07, 6.45) is 2.36. The van der Waals surface area contributed by atoms with E-state index in [9.17, 15) is 32.3 Å². The van der Waals surface area contributed by atoms with E-state index in [4.69, 9.17) is 16.3 Å². The Hall–Kier alpha value is -4.64. The molecule has 3 aliphatic rings. The molecular formula is C33H36ClF4N9O4. The largest absolute Gasteiger partial charge is 0.492 e. The summed E-state index contributed by atoms with van der Waals surface area (Å²) >= 11 is 6.05. The highest BCUT2D eigenvalue weighted by Crippen LogP contribution is 2.39. The van der Waals surface area contributed by atoms with Crippen molar-refractivity contribution in [3.63, 3.8) is 0 Å². The van der Waals surface area contributed by atoms with Crippen LogP contribution in [0.25, 0.3) is 11.4 Å². The lowest BCUT2D eigenvalue weighted by Gasteiger charge is -2.42. The van der Waals surface area contributed by atoms with Gasteiger partial charge in [-0.1, -0.05) is 24.6 Å². The fourth-order valence-electron chi connectivity index (χ4n) is 6.96. The first-order valence-electron chi connectivity index (χ1n) is 16.8. The third kappa shape index (κ3) is 6.41. The van der Waals surface area contributed by atoms with Gasteiger partial charge in [0, 0.05) is 25.7 Å². The van der Waals surface area contributed by atoms with E-state index in [1.165, 1.54) is 0 Å². The number of fused-ring (bicyclic) bond motifs is 1. The van der Waals surface area contributed by atoms with E-state index < -0.39 is 40.6 Å². The van der Waals surface area contributed by atoms with Gasteiger partial charge in [0.25, 0.3) is 5.56 Å². The molecule has 1 aromatic carbocycles. The molecule has 2 fully saturated rings. The highest BCUT2D eigenvalue weighted by atomic mass is 35.5. The van der Waals surface area contributed by atoms with Crippen molar-refractivity contribution in [2.45, 2.75) is 70.8 Å². The van der Waals surface area contributed by atoms with Crippen molar-refractivity contribution in [3.05, 3.63) is 62.7 Å². The smallest absolute Gasteiger partial charge is 0.419 e. The van der Waals surface area contributed by atoms with E-state index in [1.807, 2.05) is 24.8 Å². The number of carbonyl (C=O) groups excluding carboxylic acids is 1. The molecule has 2 aliphatic heterocycles. The van der Waals surface area contributed by atoms with Crippen LogP contribution in [0.1, 0.15) is 62.7 Å². The second kappa shape index (κ2) is 13.5. The highest BCUT2D eigenvalue weighted by molar-refractivity contribution is 6.33. The summed E-state index contributed by atoms with van der Waals surface area (Å²) in [5, 5.41) is 22.0. The number of ether oxygens (including phenoxy) is 1. The molecule has 1 aliphatic carbocycles. The molecule has 2 N–H and O–H groups in total. The zero-order chi connectivity index (χ0) is 36.2. The molecule has 1 saturated carbocycles. The number of hydrogen-bond acceptors (Lipinski definition) is 9. The summed E-state index contributed by atoms with van der Waals surface area (Å²) in [5.74, 6) is -1.83. The lowest BCUT2D eigenvalue weighted by atomic mass is 9.93. The Morgan fingerprint density at radius 1 is 1.22 bits per heavy atom. The molecular weight excluding hydrogens is 698 g/mol. The average molecular weight is 734 g/mol. The fourth-order valence-corrected chi connectivity index (χ4v) is 7.17. The van der Waals surface area contributed by atoms with Crippen molar-refractivity contribution in [1.82, 2.24) is 28.9 Å². The summed E-state index contributed by atoms with van der Waals surface area (Å²) in [5.41, 5.74) is -0.136. The zero-order valence-corrected chi connectivity index (χ0v) is 28.6. The number of hydrogen-bond donors (Lipinski definition) is 2. The number of aromatic nitrogens is 6. The van der Waals surface area contributed by atoms with Gasteiger partial charge >= 0.3 is 6.18 Å². The van der Waals surface area contributed by atoms with Crippen LogP contribution in [0.4, 0.5) is 34.6 Å². The van der Waals surface area contributed by atoms with E-state index in [1.54, 1.807) is 15.4 Å². The van der Waals surface area contributed by atoms with Gasteiger partial charge in [-0.05, 0) is 56.7 Å².